The van der Waals surface area contributed by atoms with Crippen LogP contribution in [0, 0.1) is 12.7 Å². The second-order valence-corrected chi connectivity index (χ2v) is 7.24. The van der Waals surface area contributed by atoms with Crippen LogP contribution < -0.4 is 5.32 Å². The van der Waals surface area contributed by atoms with Gasteiger partial charge in [0.25, 0.3) is 0 Å². The molecule has 1 heterocycles. The van der Waals surface area contributed by atoms with E-state index in [4.69, 9.17) is 0 Å². The van der Waals surface area contributed by atoms with E-state index in [0.717, 1.165) is 15.6 Å². The fraction of sp³-hybridized carbons (Fsp3) is 0.333. The fourth-order valence-electron chi connectivity index (χ4n) is 1.76. The van der Waals surface area contributed by atoms with Gasteiger partial charge < -0.3 is 5.32 Å². The molecular formula is C15H17FN2OS2. The molecule has 112 valence electrons. The normalized spacial score (nSPS) is 13.7. The lowest BCUT2D eigenvalue weighted by molar-refractivity contribution is -0.120. The van der Waals surface area contributed by atoms with Crippen LogP contribution in [-0.4, -0.2) is 16.1 Å². The summed E-state index contributed by atoms with van der Waals surface area (Å²) in [5, 5.41) is 4.68. The number of carbonyl (C=O) groups is 1. The van der Waals surface area contributed by atoms with Gasteiger partial charge in [0.2, 0.25) is 5.91 Å². The van der Waals surface area contributed by atoms with E-state index in [0.29, 0.717) is 0 Å². The molecule has 0 aliphatic rings. The minimum absolute atomic E-state index is 0.0512. The molecule has 0 radical (unpaired) electrons. The van der Waals surface area contributed by atoms with Gasteiger partial charge in [0, 0.05) is 11.1 Å². The maximum absolute atomic E-state index is 12.9. The summed E-state index contributed by atoms with van der Waals surface area (Å²) in [5.41, 5.74) is 1.85. The highest BCUT2D eigenvalue weighted by Gasteiger charge is 2.18. The Hall–Kier alpha value is -1.40. The number of amides is 1. The second kappa shape index (κ2) is 7.04. The zero-order chi connectivity index (χ0) is 15.4. The molecule has 0 bridgehead atoms. The Morgan fingerprint density at radius 2 is 2.00 bits per heavy atom. The standard InChI is InChI=1S/C15H17FN2OS2/c1-9-8-20-15(17-9)21-11(3)14(19)18-10(2)12-4-6-13(16)7-5-12/h4-8,10-11H,1-3H3,(H,18,19)/t10-,11+/m0/s1. The number of nitrogens with one attached hydrogen (secondary N) is 1. The van der Waals surface area contributed by atoms with Gasteiger partial charge in [-0.25, -0.2) is 9.37 Å². The summed E-state index contributed by atoms with van der Waals surface area (Å²) in [6.45, 7) is 5.67. The number of nitrogens with zero attached hydrogens (tertiary/aromatic N) is 1. The van der Waals surface area contributed by atoms with Gasteiger partial charge >= 0.3 is 0 Å². The van der Waals surface area contributed by atoms with Gasteiger partial charge in [-0.1, -0.05) is 23.9 Å². The molecule has 0 saturated heterocycles. The summed E-state index contributed by atoms with van der Waals surface area (Å²) in [6.07, 6.45) is 0. The van der Waals surface area contributed by atoms with Gasteiger partial charge in [-0.05, 0) is 38.5 Å². The molecule has 1 aromatic heterocycles. The number of halogens is 1. The summed E-state index contributed by atoms with van der Waals surface area (Å²) in [4.78, 5) is 16.5. The van der Waals surface area contributed by atoms with Crippen molar-refractivity contribution in [1.82, 2.24) is 10.3 Å². The van der Waals surface area contributed by atoms with E-state index >= 15 is 0 Å². The largest absolute Gasteiger partial charge is 0.349 e. The van der Waals surface area contributed by atoms with E-state index in [9.17, 15) is 9.18 Å². The summed E-state index contributed by atoms with van der Waals surface area (Å²) < 4.78 is 13.8. The monoisotopic (exact) mass is 324 g/mol. The van der Waals surface area contributed by atoms with Crippen molar-refractivity contribution < 1.29 is 9.18 Å². The van der Waals surface area contributed by atoms with E-state index in [1.165, 1.54) is 23.9 Å². The van der Waals surface area contributed by atoms with Crippen molar-refractivity contribution in [1.29, 1.82) is 0 Å². The third kappa shape index (κ3) is 4.54. The molecule has 2 rings (SSSR count). The Morgan fingerprint density at radius 1 is 1.33 bits per heavy atom. The van der Waals surface area contributed by atoms with Crippen LogP contribution in [0.5, 0.6) is 0 Å². The van der Waals surface area contributed by atoms with Gasteiger partial charge in [0.15, 0.2) is 4.34 Å². The van der Waals surface area contributed by atoms with Gasteiger partial charge in [-0.15, -0.1) is 11.3 Å². The fourth-order valence-corrected chi connectivity index (χ4v) is 3.75. The van der Waals surface area contributed by atoms with Crippen LogP contribution in [0.25, 0.3) is 0 Å². The lowest BCUT2D eigenvalue weighted by atomic mass is 10.1. The maximum atomic E-state index is 12.9. The molecule has 2 atom stereocenters. The number of hydrogen-bond donors (Lipinski definition) is 1. The highest BCUT2D eigenvalue weighted by Crippen LogP contribution is 2.27. The molecular weight excluding hydrogens is 307 g/mol. The van der Waals surface area contributed by atoms with Crippen LogP contribution >= 0.6 is 23.1 Å². The first-order chi connectivity index (χ1) is 9.95. The van der Waals surface area contributed by atoms with Crippen molar-refractivity contribution in [3.05, 3.63) is 46.7 Å². The Kier molecular flexibility index (Phi) is 5.36. The van der Waals surface area contributed by atoms with Gasteiger partial charge in [-0.3, -0.25) is 4.79 Å². The van der Waals surface area contributed by atoms with Gasteiger partial charge in [0.1, 0.15) is 5.82 Å². The topological polar surface area (TPSA) is 42.0 Å². The molecule has 21 heavy (non-hydrogen) atoms. The average molecular weight is 324 g/mol. The van der Waals surface area contributed by atoms with Crippen molar-refractivity contribution >= 4 is 29.0 Å². The molecule has 0 unspecified atom stereocenters. The van der Waals surface area contributed by atoms with Gasteiger partial charge in [-0.2, -0.15) is 0 Å². The molecule has 0 fully saturated rings. The number of carbonyl (C=O) groups excluding carboxylic acids is 1. The predicted octanol–water partition coefficient (Wildman–Crippen LogP) is 3.95. The summed E-state index contributed by atoms with van der Waals surface area (Å²) in [5.74, 6) is -0.329. The van der Waals surface area contributed by atoms with Gasteiger partial charge in [0.05, 0.1) is 11.3 Å². The number of aromatic nitrogens is 1. The summed E-state index contributed by atoms with van der Waals surface area (Å²) in [7, 11) is 0. The highest BCUT2D eigenvalue weighted by atomic mass is 32.2. The first-order valence-corrected chi connectivity index (χ1v) is 8.36. The summed E-state index contributed by atoms with van der Waals surface area (Å²) >= 11 is 2.99. The van der Waals surface area contributed by atoms with E-state index in [1.54, 1.807) is 23.5 Å². The van der Waals surface area contributed by atoms with Crippen LogP contribution in [0.3, 0.4) is 0 Å². The molecule has 1 aromatic carbocycles. The third-order valence-electron chi connectivity index (χ3n) is 2.97. The smallest absolute Gasteiger partial charge is 0.233 e. The zero-order valence-corrected chi connectivity index (χ0v) is 13.7. The van der Waals surface area contributed by atoms with E-state index < -0.39 is 0 Å². The summed E-state index contributed by atoms with van der Waals surface area (Å²) in [6, 6.07) is 6.01. The number of hydrogen-bond acceptors (Lipinski definition) is 4. The first kappa shape index (κ1) is 16.0. The molecule has 1 N–H and O–H groups in total. The van der Waals surface area contributed by atoms with E-state index in [-0.39, 0.29) is 23.0 Å². The first-order valence-electron chi connectivity index (χ1n) is 6.60. The number of thioether (sulfide) groups is 1. The van der Waals surface area contributed by atoms with Crippen LogP contribution in [-0.2, 0) is 4.79 Å². The minimum atomic E-state index is -0.277. The number of benzene rings is 1. The Balaban J connectivity index is 1.92. The van der Waals surface area contributed by atoms with Crippen molar-refractivity contribution in [2.75, 3.05) is 0 Å². The van der Waals surface area contributed by atoms with E-state index in [1.807, 2.05) is 26.2 Å². The Labute approximate surface area is 132 Å². The highest BCUT2D eigenvalue weighted by molar-refractivity contribution is 8.02. The number of thiazole rings is 1. The predicted molar refractivity (Wildman–Crippen MR) is 85.1 cm³/mol. The second-order valence-electron chi connectivity index (χ2n) is 4.80. The van der Waals surface area contributed by atoms with Crippen molar-refractivity contribution in [3.63, 3.8) is 0 Å². The van der Waals surface area contributed by atoms with E-state index in [2.05, 4.69) is 10.3 Å². The lowest BCUT2D eigenvalue weighted by Gasteiger charge is -2.17. The SMILES string of the molecule is Cc1csc(S[C@H](C)C(=O)N[C@@H](C)c2ccc(F)cc2)n1. The number of aryl methyl sites for hydroxylation is 1. The molecule has 0 aliphatic heterocycles. The van der Waals surface area contributed by atoms with Crippen LogP contribution in [0.15, 0.2) is 34.0 Å². The Morgan fingerprint density at radius 3 is 2.57 bits per heavy atom. The average Bonchev–Trinajstić information content (AvgIpc) is 2.84. The molecule has 6 heteroatoms. The lowest BCUT2D eigenvalue weighted by Crippen LogP contribution is -2.33. The van der Waals surface area contributed by atoms with Crippen LogP contribution in [0.4, 0.5) is 4.39 Å². The molecule has 0 spiro atoms. The molecule has 0 aliphatic carbocycles. The number of rotatable bonds is 5. The minimum Gasteiger partial charge on any atom is -0.349 e. The molecule has 0 saturated carbocycles. The maximum Gasteiger partial charge on any atom is 0.233 e. The quantitative estimate of drug-likeness (QED) is 0.847. The van der Waals surface area contributed by atoms with Crippen LogP contribution in [0.1, 0.15) is 31.1 Å². The van der Waals surface area contributed by atoms with Crippen molar-refractivity contribution in [2.24, 2.45) is 0 Å². The third-order valence-corrected chi connectivity index (χ3v) is 5.16. The van der Waals surface area contributed by atoms with Crippen molar-refractivity contribution in [3.8, 4) is 0 Å². The van der Waals surface area contributed by atoms with Crippen molar-refractivity contribution in [2.45, 2.75) is 36.4 Å². The Bertz CT molecular complexity index is 612. The molecule has 2 aromatic rings. The molecule has 1 amide bonds. The zero-order valence-electron chi connectivity index (χ0n) is 12.1. The molecule has 3 nitrogen and oxygen atoms in total. The van der Waals surface area contributed by atoms with Crippen LogP contribution in [0.2, 0.25) is 0 Å².